The second kappa shape index (κ2) is 5.48. The molecule has 1 aliphatic heterocycles. The molecule has 1 saturated heterocycles. The van der Waals surface area contributed by atoms with E-state index in [4.69, 9.17) is 9.47 Å². The minimum absolute atomic E-state index is 0.0877. The fourth-order valence-corrected chi connectivity index (χ4v) is 5.46. The Bertz CT molecular complexity index is 470. The molecule has 6 heteroatoms. The fourth-order valence-electron chi connectivity index (χ4n) is 4.28. The predicted octanol–water partition coefficient (Wildman–Crippen LogP) is 1.64. The van der Waals surface area contributed by atoms with Gasteiger partial charge in [0.05, 0.1) is 24.1 Å². The van der Waals surface area contributed by atoms with E-state index in [9.17, 15) is 13.5 Å². The SMILES string of the molecule is CS(=O)(=O)C1CCCC(C2(O)CCC3(CC2)OCCO3)C1. The Morgan fingerprint density at radius 2 is 1.67 bits per heavy atom. The summed E-state index contributed by atoms with van der Waals surface area (Å²) in [5.74, 6) is -0.387. The molecule has 0 aromatic carbocycles. The lowest BCUT2D eigenvalue weighted by Gasteiger charge is -2.46. The van der Waals surface area contributed by atoms with Gasteiger partial charge in [-0.2, -0.15) is 0 Å². The lowest BCUT2D eigenvalue weighted by atomic mass is 9.68. The van der Waals surface area contributed by atoms with Crippen LogP contribution in [0.25, 0.3) is 0 Å². The van der Waals surface area contributed by atoms with Crippen molar-refractivity contribution < 1.29 is 23.0 Å². The number of ether oxygens (including phenoxy) is 2. The van der Waals surface area contributed by atoms with E-state index in [0.29, 0.717) is 45.3 Å². The monoisotopic (exact) mass is 318 g/mol. The molecule has 2 aliphatic carbocycles. The van der Waals surface area contributed by atoms with Crippen molar-refractivity contribution >= 4 is 9.84 Å². The smallest absolute Gasteiger partial charge is 0.168 e. The molecule has 2 saturated carbocycles. The van der Waals surface area contributed by atoms with Crippen LogP contribution in [0, 0.1) is 5.92 Å². The fraction of sp³-hybridized carbons (Fsp3) is 1.00. The Morgan fingerprint density at radius 1 is 1.05 bits per heavy atom. The molecule has 1 spiro atoms. The van der Waals surface area contributed by atoms with Crippen molar-refractivity contribution in [2.24, 2.45) is 5.92 Å². The van der Waals surface area contributed by atoms with Gasteiger partial charge in [0.15, 0.2) is 5.79 Å². The molecule has 3 rings (SSSR count). The molecule has 0 aromatic rings. The molecule has 3 fully saturated rings. The molecule has 1 heterocycles. The van der Waals surface area contributed by atoms with Gasteiger partial charge in [-0.05, 0) is 38.0 Å². The second-order valence-electron chi connectivity index (χ2n) is 7.03. The van der Waals surface area contributed by atoms with E-state index in [2.05, 4.69) is 0 Å². The highest BCUT2D eigenvalue weighted by Crippen LogP contribution is 2.47. The number of aliphatic hydroxyl groups is 1. The van der Waals surface area contributed by atoms with Crippen LogP contribution in [0.2, 0.25) is 0 Å². The van der Waals surface area contributed by atoms with Gasteiger partial charge in [-0.1, -0.05) is 6.42 Å². The number of sulfone groups is 1. The van der Waals surface area contributed by atoms with Crippen LogP contribution < -0.4 is 0 Å². The van der Waals surface area contributed by atoms with Crippen molar-refractivity contribution in [1.29, 1.82) is 0 Å². The topological polar surface area (TPSA) is 72.8 Å². The molecule has 0 bridgehead atoms. The standard InChI is InChI=1S/C15H26O5S/c1-21(17,18)13-4-2-3-12(11-13)14(16)5-7-15(8-6-14)19-9-10-20-15/h12-13,16H,2-11H2,1H3. The van der Waals surface area contributed by atoms with E-state index < -0.39 is 21.2 Å². The normalized spacial score (nSPS) is 35.9. The average molecular weight is 318 g/mol. The van der Waals surface area contributed by atoms with Gasteiger partial charge in [0.2, 0.25) is 0 Å². The van der Waals surface area contributed by atoms with Gasteiger partial charge in [0.25, 0.3) is 0 Å². The van der Waals surface area contributed by atoms with E-state index in [0.717, 1.165) is 19.3 Å². The van der Waals surface area contributed by atoms with Gasteiger partial charge in [-0.3, -0.25) is 0 Å². The molecule has 122 valence electrons. The van der Waals surface area contributed by atoms with E-state index in [1.165, 1.54) is 6.26 Å². The predicted molar refractivity (Wildman–Crippen MR) is 78.6 cm³/mol. The maximum Gasteiger partial charge on any atom is 0.168 e. The molecule has 2 unspecified atom stereocenters. The average Bonchev–Trinajstić information content (AvgIpc) is 2.91. The van der Waals surface area contributed by atoms with Crippen LogP contribution in [0.3, 0.4) is 0 Å². The summed E-state index contributed by atoms with van der Waals surface area (Å²) in [6.45, 7) is 1.27. The van der Waals surface area contributed by atoms with Crippen molar-refractivity contribution in [3.8, 4) is 0 Å². The van der Waals surface area contributed by atoms with Gasteiger partial charge in [-0.25, -0.2) is 8.42 Å². The zero-order chi connectivity index (χ0) is 15.1. The first-order chi connectivity index (χ1) is 9.83. The lowest BCUT2D eigenvalue weighted by Crippen LogP contribution is -2.49. The number of hydrogen-bond acceptors (Lipinski definition) is 5. The molecule has 0 aromatic heterocycles. The Morgan fingerprint density at radius 3 is 2.24 bits per heavy atom. The van der Waals surface area contributed by atoms with Crippen LogP contribution in [0.15, 0.2) is 0 Å². The quantitative estimate of drug-likeness (QED) is 0.838. The van der Waals surface area contributed by atoms with Crippen LogP contribution in [-0.2, 0) is 19.3 Å². The van der Waals surface area contributed by atoms with Gasteiger partial charge in [-0.15, -0.1) is 0 Å². The highest BCUT2D eigenvalue weighted by atomic mass is 32.2. The molecule has 2 atom stereocenters. The minimum atomic E-state index is -3.01. The Kier molecular flexibility index (Phi) is 4.10. The third-order valence-corrected chi connectivity index (χ3v) is 7.32. The van der Waals surface area contributed by atoms with Gasteiger partial charge < -0.3 is 14.6 Å². The van der Waals surface area contributed by atoms with Crippen molar-refractivity contribution in [2.45, 2.75) is 68.0 Å². The molecule has 0 radical (unpaired) electrons. The molecule has 0 amide bonds. The summed E-state index contributed by atoms with van der Waals surface area (Å²) >= 11 is 0. The third kappa shape index (κ3) is 3.14. The number of hydrogen-bond donors (Lipinski definition) is 1. The van der Waals surface area contributed by atoms with Crippen LogP contribution in [0.5, 0.6) is 0 Å². The molecule has 21 heavy (non-hydrogen) atoms. The van der Waals surface area contributed by atoms with Crippen LogP contribution in [-0.4, -0.2) is 49.6 Å². The Labute approximate surface area is 126 Å². The largest absolute Gasteiger partial charge is 0.390 e. The summed E-state index contributed by atoms with van der Waals surface area (Å²) in [5.41, 5.74) is -0.746. The summed E-state index contributed by atoms with van der Waals surface area (Å²) in [5, 5.41) is 10.7. The zero-order valence-electron chi connectivity index (χ0n) is 12.7. The van der Waals surface area contributed by atoms with E-state index >= 15 is 0 Å². The van der Waals surface area contributed by atoms with Gasteiger partial charge in [0, 0.05) is 19.1 Å². The van der Waals surface area contributed by atoms with E-state index in [1.54, 1.807) is 0 Å². The molecule has 3 aliphatic rings. The molecule has 1 N–H and O–H groups in total. The molecular formula is C15H26O5S. The second-order valence-corrected chi connectivity index (χ2v) is 9.35. The summed E-state index contributed by atoms with van der Waals surface area (Å²) in [7, 11) is -3.01. The van der Waals surface area contributed by atoms with E-state index in [-0.39, 0.29) is 11.2 Å². The van der Waals surface area contributed by atoms with Gasteiger partial charge in [0.1, 0.15) is 9.84 Å². The summed E-state index contributed by atoms with van der Waals surface area (Å²) < 4.78 is 35.0. The van der Waals surface area contributed by atoms with Crippen LogP contribution in [0.4, 0.5) is 0 Å². The van der Waals surface area contributed by atoms with Crippen molar-refractivity contribution in [1.82, 2.24) is 0 Å². The van der Waals surface area contributed by atoms with Crippen LogP contribution >= 0.6 is 0 Å². The van der Waals surface area contributed by atoms with Crippen molar-refractivity contribution in [3.63, 3.8) is 0 Å². The van der Waals surface area contributed by atoms with Crippen LogP contribution in [0.1, 0.15) is 51.4 Å². The highest BCUT2D eigenvalue weighted by molar-refractivity contribution is 7.91. The maximum absolute atomic E-state index is 11.8. The summed E-state index contributed by atoms with van der Waals surface area (Å²) in [6.07, 6.45) is 7.20. The first-order valence-electron chi connectivity index (χ1n) is 8.02. The Balaban J connectivity index is 1.66. The third-order valence-electron chi connectivity index (χ3n) is 5.68. The molecule has 5 nitrogen and oxygen atoms in total. The lowest BCUT2D eigenvalue weighted by molar-refractivity contribution is -0.211. The molecular weight excluding hydrogens is 292 g/mol. The van der Waals surface area contributed by atoms with Crippen molar-refractivity contribution in [3.05, 3.63) is 0 Å². The first-order valence-corrected chi connectivity index (χ1v) is 9.98. The summed E-state index contributed by atoms with van der Waals surface area (Å²) in [4.78, 5) is 0. The minimum Gasteiger partial charge on any atom is -0.390 e. The highest BCUT2D eigenvalue weighted by Gasteiger charge is 2.49. The maximum atomic E-state index is 11.8. The van der Waals surface area contributed by atoms with Crippen molar-refractivity contribution in [2.75, 3.05) is 19.5 Å². The van der Waals surface area contributed by atoms with Gasteiger partial charge >= 0.3 is 0 Å². The first kappa shape index (κ1) is 15.7. The summed E-state index contributed by atoms with van der Waals surface area (Å²) in [6, 6.07) is 0. The zero-order valence-corrected chi connectivity index (χ0v) is 13.5. The Hall–Kier alpha value is -0.170. The number of rotatable bonds is 2. The van der Waals surface area contributed by atoms with E-state index in [1.807, 2.05) is 0 Å².